The van der Waals surface area contributed by atoms with Gasteiger partial charge in [0.05, 0.1) is 36.6 Å². The minimum atomic E-state index is -1.04. The quantitative estimate of drug-likeness (QED) is 0.108. The Hall–Kier alpha value is -4.28. The third-order valence-electron chi connectivity index (χ3n) is 8.92. The van der Waals surface area contributed by atoms with E-state index in [2.05, 4.69) is 43.5 Å². The van der Waals surface area contributed by atoms with E-state index in [1.165, 1.54) is 0 Å². The molecule has 5 aromatic rings. The number of pyridine rings is 1. The Balaban J connectivity index is 1.45. The van der Waals surface area contributed by atoms with Crippen LogP contribution in [0, 0.1) is 39.6 Å². The van der Waals surface area contributed by atoms with Crippen molar-refractivity contribution < 1.29 is 18.3 Å². The van der Waals surface area contributed by atoms with Crippen LogP contribution in [0.4, 0.5) is 20.4 Å². The lowest BCUT2D eigenvalue weighted by atomic mass is 9.92. The fourth-order valence-electron chi connectivity index (χ4n) is 6.28. The standard InChI is InChI=1S/C37H34ClF2IN6O2/c1-21-15-30(46(19-23-5-9-26(48-3)10-6-23)20-24-7-11-27(49-4)12-8-24)43-35(33(21)41)31-29(38)17-28-34(32(31)39)44-37(40)45-36(28)47-14-13-25(18-42)16-22(47)2/h5-12,15,17,22,25H,13-14,16,19-20H2,1-4H3. The van der Waals surface area contributed by atoms with Gasteiger partial charge in [-0.1, -0.05) is 35.9 Å². The van der Waals surface area contributed by atoms with Crippen molar-refractivity contribution in [2.45, 2.75) is 45.8 Å². The van der Waals surface area contributed by atoms with E-state index in [0.717, 1.165) is 28.2 Å². The lowest BCUT2D eigenvalue weighted by Crippen LogP contribution is -2.41. The van der Waals surface area contributed by atoms with Crippen molar-refractivity contribution in [2.75, 3.05) is 30.6 Å². The molecular formula is C37H34ClF2IN6O2. The Kier molecular flexibility index (Phi) is 10.4. The van der Waals surface area contributed by atoms with Gasteiger partial charge < -0.3 is 19.3 Å². The molecule has 0 aliphatic carbocycles. The first kappa shape index (κ1) is 34.6. The third kappa shape index (κ3) is 7.21. The molecule has 0 radical (unpaired) electrons. The molecule has 2 unspecified atom stereocenters. The van der Waals surface area contributed by atoms with Crippen molar-refractivity contribution in [1.29, 1.82) is 5.26 Å². The van der Waals surface area contributed by atoms with Gasteiger partial charge in [0.2, 0.25) is 0 Å². The predicted octanol–water partition coefficient (Wildman–Crippen LogP) is 8.89. The summed E-state index contributed by atoms with van der Waals surface area (Å²) in [7, 11) is 3.25. The Bertz CT molecular complexity index is 1990. The zero-order valence-corrected chi connectivity index (χ0v) is 30.4. The first-order valence-electron chi connectivity index (χ1n) is 15.8. The zero-order chi connectivity index (χ0) is 34.8. The lowest BCUT2D eigenvalue weighted by Gasteiger charge is -2.36. The molecule has 0 saturated carbocycles. The second-order valence-electron chi connectivity index (χ2n) is 12.2. The summed E-state index contributed by atoms with van der Waals surface area (Å²) in [5, 5.41) is 9.85. The highest BCUT2D eigenvalue weighted by molar-refractivity contribution is 14.1. The summed E-state index contributed by atoms with van der Waals surface area (Å²) in [6.45, 7) is 5.36. The number of methoxy groups -OCH3 is 2. The van der Waals surface area contributed by atoms with Crippen molar-refractivity contribution in [3.05, 3.63) is 97.8 Å². The normalized spacial score (nSPS) is 16.0. The molecule has 2 aromatic heterocycles. The number of fused-ring (bicyclic) bond motifs is 1. The van der Waals surface area contributed by atoms with Gasteiger partial charge in [0.15, 0.2) is 5.82 Å². The van der Waals surface area contributed by atoms with Crippen LogP contribution in [0.3, 0.4) is 0 Å². The zero-order valence-electron chi connectivity index (χ0n) is 27.5. The molecule has 0 bridgehead atoms. The number of aromatic nitrogens is 3. The molecule has 252 valence electrons. The molecule has 49 heavy (non-hydrogen) atoms. The summed E-state index contributed by atoms with van der Waals surface area (Å²) in [5.41, 5.74) is 3.11. The summed E-state index contributed by atoms with van der Waals surface area (Å²) in [4.78, 5) is 17.0. The van der Waals surface area contributed by atoms with Crippen molar-refractivity contribution in [2.24, 2.45) is 5.92 Å². The molecule has 0 N–H and O–H groups in total. The second kappa shape index (κ2) is 14.7. The van der Waals surface area contributed by atoms with Crippen LogP contribution in [0.1, 0.15) is 36.5 Å². The van der Waals surface area contributed by atoms with E-state index in [1.54, 1.807) is 20.3 Å². The van der Waals surface area contributed by atoms with Gasteiger partial charge >= 0.3 is 6.08 Å². The van der Waals surface area contributed by atoms with Crippen LogP contribution in [-0.2, 0) is 13.1 Å². The van der Waals surface area contributed by atoms with Gasteiger partial charge in [0, 0.05) is 40.6 Å². The van der Waals surface area contributed by atoms with Crippen LogP contribution >= 0.6 is 34.2 Å². The number of aryl methyl sites for hydroxylation is 1. The number of nitriles is 1. The molecule has 6 rings (SSSR count). The molecule has 3 heterocycles. The Morgan fingerprint density at radius 3 is 2.14 bits per heavy atom. The van der Waals surface area contributed by atoms with E-state index in [1.807, 2.05) is 73.3 Å². The van der Waals surface area contributed by atoms with Gasteiger partial charge in [-0.25, -0.2) is 9.37 Å². The number of piperidine rings is 1. The van der Waals surface area contributed by atoms with Gasteiger partial charge in [0.1, 0.15) is 28.7 Å². The molecule has 12 heteroatoms. The second-order valence-corrected chi connectivity index (χ2v) is 13.7. The monoisotopic (exact) mass is 794 g/mol. The van der Waals surface area contributed by atoms with Crippen LogP contribution in [0.25, 0.3) is 22.2 Å². The summed E-state index contributed by atoms with van der Waals surface area (Å²) >= 11 is 9.07. The van der Waals surface area contributed by atoms with E-state index < -0.39 is 11.9 Å². The molecule has 1 saturated heterocycles. The van der Waals surface area contributed by atoms with Crippen LogP contribution in [0.2, 0.25) is 5.02 Å². The first-order chi connectivity index (χ1) is 23.6. The number of hydrogen-bond acceptors (Lipinski definition) is 8. The van der Waals surface area contributed by atoms with Crippen molar-refractivity contribution in [3.8, 4) is 28.8 Å². The fraction of sp³-hybridized carbons (Fsp3) is 0.297. The average Bonchev–Trinajstić information content (AvgIpc) is 3.10. The van der Waals surface area contributed by atoms with Gasteiger partial charge in [-0.15, -0.1) is 0 Å². The van der Waals surface area contributed by atoms with E-state index in [4.69, 9.17) is 26.1 Å². The first-order valence-corrected chi connectivity index (χ1v) is 17.3. The summed E-state index contributed by atoms with van der Waals surface area (Å²) < 4.78 is 43.2. The minimum Gasteiger partial charge on any atom is -0.497 e. The maximum absolute atomic E-state index is 16.8. The van der Waals surface area contributed by atoms with Gasteiger partial charge in [-0.2, -0.15) is 19.6 Å². The van der Waals surface area contributed by atoms with Gasteiger partial charge in [-0.05, 0) is 102 Å². The molecule has 1 fully saturated rings. The summed E-state index contributed by atoms with van der Waals surface area (Å²) in [6, 6.07) is 21.4. The molecule has 1 aliphatic rings. The van der Waals surface area contributed by atoms with Crippen molar-refractivity contribution in [1.82, 2.24) is 15.0 Å². The lowest BCUT2D eigenvalue weighted by molar-refractivity contribution is 0.412. The summed E-state index contributed by atoms with van der Waals surface area (Å²) in [5.74, 6) is 1.50. The number of benzene rings is 3. The molecule has 0 amide bonds. The van der Waals surface area contributed by atoms with Crippen LogP contribution in [0.5, 0.6) is 11.5 Å². The van der Waals surface area contributed by atoms with Crippen LogP contribution in [-0.4, -0.2) is 41.8 Å². The Morgan fingerprint density at radius 2 is 1.59 bits per heavy atom. The highest BCUT2D eigenvalue weighted by Crippen LogP contribution is 2.41. The molecule has 3 aromatic carbocycles. The van der Waals surface area contributed by atoms with Crippen LogP contribution < -0.4 is 19.3 Å². The molecule has 8 nitrogen and oxygen atoms in total. The molecule has 0 spiro atoms. The molecular weight excluding hydrogens is 761 g/mol. The van der Waals surface area contributed by atoms with Gasteiger partial charge in [-0.3, -0.25) is 0 Å². The predicted molar refractivity (Wildman–Crippen MR) is 196 cm³/mol. The number of nitrogens with zero attached hydrogens (tertiary/aromatic N) is 6. The highest BCUT2D eigenvalue weighted by atomic mass is 127. The molecule has 2 atom stereocenters. The Labute approximate surface area is 302 Å². The van der Waals surface area contributed by atoms with E-state index >= 15 is 8.78 Å². The van der Waals surface area contributed by atoms with E-state index in [-0.39, 0.29) is 33.9 Å². The van der Waals surface area contributed by atoms with Crippen LogP contribution in [0.15, 0.2) is 60.7 Å². The average molecular weight is 795 g/mol. The maximum Gasteiger partial charge on any atom is 0.311 e. The third-order valence-corrected chi connectivity index (χ3v) is 10.6. The summed E-state index contributed by atoms with van der Waals surface area (Å²) in [6.07, 6.45) is 0.150. The maximum atomic E-state index is 16.8. The fourth-order valence-corrected chi connectivity index (χ4v) is 7.11. The van der Waals surface area contributed by atoms with E-state index in [0.29, 0.717) is 52.9 Å². The number of rotatable bonds is 9. The van der Waals surface area contributed by atoms with E-state index in [9.17, 15) is 5.26 Å². The largest absolute Gasteiger partial charge is 0.497 e. The number of ether oxygens (including phenoxy) is 2. The highest BCUT2D eigenvalue weighted by Gasteiger charge is 2.30. The number of anilines is 2. The molecule has 1 aliphatic heterocycles. The number of hydrogen-bond donors (Lipinski definition) is 0. The number of halogens is 4. The topological polar surface area (TPSA) is 87.4 Å². The SMILES string of the molecule is COc1ccc(CN(Cc2ccc(OC)cc2)c2cc(C)c(I)c(-c3c(Cl)cc4c(N5CCC(C#N)CC5C)nc(F)nc4c3F)n2)cc1. The van der Waals surface area contributed by atoms with Crippen molar-refractivity contribution >= 4 is 56.7 Å². The Morgan fingerprint density at radius 1 is 0.980 bits per heavy atom. The smallest absolute Gasteiger partial charge is 0.311 e. The minimum absolute atomic E-state index is 0.0395. The van der Waals surface area contributed by atoms with Gasteiger partial charge in [0.25, 0.3) is 0 Å². The van der Waals surface area contributed by atoms with Crippen molar-refractivity contribution in [3.63, 3.8) is 0 Å².